The predicted molar refractivity (Wildman–Crippen MR) is 77.0 cm³/mol. The van der Waals surface area contributed by atoms with Crippen molar-refractivity contribution in [3.63, 3.8) is 0 Å². The van der Waals surface area contributed by atoms with Crippen LogP contribution in [-0.2, 0) is 6.54 Å². The Kier molecular flexibility index (Phi) is 4.75. The molecule has 1 aromatic carbocycles. The average Bonchev–Trinajstić information content (AvgIpc) is 3.00. The van der Waals surface area contributed by atoms with E-state index in [2.05, 4.69) is 9.88 Å². The van der Waals surface area contributed by atoms with E-state index in [1.54, 1.807) is 18.4 Å². The van der Waals surface area contributed by atoms with E-state index in [9.17, 15) is 4.39 Å². The topological polar surface area (TPSA) is 55.3 Å². The van der Waals surface area contributed by atoms with Gasteiger partial charge in [0, 0.05) is 31.2 Å². The first-order chi connectivity index (χ1) is 9.20. The number of benzene rings is 1. The molecule has 0 saturated carbocycles. The number of nitrogens with zero attached hydrogens (tertiary/aromatic N) is 2. The zero-order chi connectivity index (χ0) is 13.2. The van der Waals surface area contributed by atoms with Gasteiger partial charge in [-0.25, -0.2) is 9.37 Å². The van der Waals surface area contributed by atoms with E-state index >= 15 is 0 Å². The number of hydrogen-bond acceptors (Lipinski definition) is 4. The summed E-state index contributed by atoms with van der Waals surface area (Å²) in [5, 5.41) is 0. The summed E-state index contributed by atoms with van der Waals surface area (Å²) in [7, 11) is 0. The Hall–Kier alpha value is -1.43. The highest BCUT2D eigenvalue weighted by Crippen LogP contribution is 2.20. The van der Waals surface area contributed by atoms with Crippen molar-refractivity contribution in [2.24, 2.45) is 5.73 Å². The van der Waals surface area contributed by atoms with E-state index in [0.717, 1.165) is 37.3 Å². The van der Waals surface area contributed by atoms with Crippen molar-refractivity contribution in [1.82, 2.24) is 9.88 Å². The number of aromatic nitrogens is 1. The van der Waals surface area contributed by atoms with Crippen molar-refractivity contribution >= 4 is 12.4 Å². The normalized spacial score (nSPS) is 19.0. The molecule has 4 nitrogen and oxygen atoms in total. The van der Waals surface area contributed by atoms with Crippen LogP contribution in [0.3, 0.4) is 0 Å². The van der Waals surface area contributed by atoms with Crippen LogP contribution in [0.2, 0.25) is 0 Å². The molecule has 2 N–H and O–H groups in total. The van der Waals surface area contributed by atoms with Gasteiger partial charge in [0.15, 0.2) is 0 Å². The van der Waals surface area contributed by atoms with E-state index in [1.807, 2.05) is 0 Å². The number of likely N-dealkylation sites (tertiary alicyclic amines) is 1. The molecule has 108 valence electrons. The van der Waals surface area contributed by atoms with E-state index in [1.165, 1.54) is 12.1 Å². The van der Waals surface area contributed by atoms with E-state index in [4.69, 9.17) is 10.2 Å². The molecular formula is C14H17ClFN3O. The maximum absolute atomic E-state index is 12.8. The van der Waals surface area contributed by atoms with Gasteiger partial charge < -0.3 is 10.2 Å². The van der Waals surface area contributed by atoms with Crippen molar-refractivity contribution < 1.29 is 8.81 Å². The SMILES string of the molecule is Cl.N[C@H]1CCN(Cc2coc(-c3ccc(F)cc3)n2)C1. The minimum atomic E-state index is -0.262. The Bertz CT molecular complexity index is 558. The standard InChI is InChI=1S/C14H16FN3O.ClH/c15-11-3-1-10(2-4-11)14-17-13(9-19-14)8-18-6-5-12(16)7-18;/h1-4,9,12H,5-8,16H2;1H/t12-;/m0./s1. The van der Waals surface area contributed by atoms with Gasteiger partial charge in [-0.3, -0.25) is 4.90 Å². The quantitative estimate of drug-likeness (QED) is 0.945. The predicted octanol–water partition coefficient (Wildman–Crippen LogP) is 2.44. The fraction of sp³-hybridized carbons (Fsp3) is 0.357. The molecule has 1 aliphatic rings. The molecule has 1 aliphatic heterocycles. The molecule has 0 spiro atoms. The van der Waals surface area contributed by atoms with Gasteiger partial charge in [0.1, 0.15) is 12.1 Å². The van der Waals surface area contributed by atoms with E-state index < -0.39 is 0 Å². The highest BCUT2D eigenvalue weighted by molar-refractivity contribution is 5.85. The van der Waals surface area contributed by atoms with Crippen LogP contribution in [0.5, 0.6) is 0 Å². The largest absolute Gasteiger partial charge is 0.444 e. The lowest BCUT2D eigenvalue weighted by Gasteiger charge is -2.12. The highest BCUT2D eigenvalue weighted by Gasteiger charge is 2.20. The summed E-state index contributed by atoms with van der Waals surface area (Å²) in [5.41, 5.74) is 7.53. The second kappa shape index (κ2) is 6.35. The average molecular weight is 298 g/mol. The van der Waals surface area contributed by atoms with Gasteiger partial charge in [-0.1, -0.05) is 0 Å². The number of halogens is 2. The lowest BCUT2D eigenvalue weighted by molar-refractivity contribution is 0.322. The molecular weight excluding hydrogens is 281 g/mol. The molecule has 3 rings (SSSR count). The molecule has 0 unspecified atom stereocenters. The maximum Gasteiger partial charge on any atom is 0.226 e. The third-order valence-corrected chi connectivity index (χ3v) is 3.34. The van der Waals surface area contributed by atoms with Crippen LogP contribution in [0.1, 0.15) is 12.1 Å². The minimum absolute atomic E-state index is 0. The lowest BCUT2D eigenvalue weighted by Crippen LogP contribution is -2.26. The van der Waals surface area contributed by atoms with Gasteiger partial charge in [0.25, 0.3) is 0 Å². The van der Waals surface area contributed by atoms with Gasteiger partial charge >= 0.3 is 0 Å². The smallest absolute Gasteiger partial charge is 0.226 e. The summed E-state index contributed by atoms with van der Waals surface area (Å²) in [6.07, 6.45) is 2.69. The summed E-state index contributed by atoms with van der Waals surface area (Å²) >= 11 is 0. The Labute approximate surface area is 123 Å². The van der Waals surface area contributed by atoms with Gasteiger partial charge in [0.2, 0.25) is 5.89 Å². The Morgan fingerprint density at radius 2 is 2.10 bits per heavy atom. The molecule has 2 aromatic rings. The summed E-state index contributed by atoms with van der Waals surface area (Å²) in [4.78, 5) is 6.69. The molecule has 6 heteroatoms. The van der Waals surface area contributed by atoms with Crippen LogP contribution in [-0.4, -0.2) is 29.0 Å². The molecule has 1 fully saturated rings. The molecule has 0 aliphatic carbocycles. The van der Waals surface area contributed by atoms with Crippen molar-refractivity contribution in [1.29, 1.82) is 0 Å². The molecule has 1 saturated heterocycles. The Balaban J connectivity index is 0.00000147. The van der Waals surface area contributed by atoms with Crippen LogP contribution in [0.4, 0.5) is 4.39 Å². The Morgan fingerprint density at radius 1 is 1.35 bits per heavy atom. The number of hydrogen-bond donors (Lipinski definition) is 1. The third kappa shape index (κ3) is 3.36. The lowest BCUT2D eigenvalue weighted by atomic mass is 10.2. The zero-order valence-electron chi connectivity index (χ0n) is 11.0. The van der Waals surface area contributed by atoms with Crippen molar-refractivity contribution in [3.05, 3.63) is 42.0 Å². The first-order valence-corrected chi connectivity index (χ1v) is 6.39. The fourth-order valence-electron chi connectivity index (χ4n) is 2.34. The van der Waals surface area contributed by atoms with Crippen LogP contribution in [0.25, 0.3) is 11.5 Å². The Morgan fingerprint density at radius 3 is 2.75 bits per heavy atom. The third-order valence-electron chi connectivity index (χ3n) is 3.34. The molecule has 1 atom stereocenters. The summed E-state index contributed by atoms with van der Waals surface area (Å²) in [6, 6.07) is 6.40. The minimum Gasteiger partial charge on any atom is -0.444 e. The van der Waals surface area contributed by atoms with Crippen LogP contribution >= 0.6 is 12.4 Å². The molecule has 0 radical (unpaired) electrons. The van der Waals surface area contributed by atoms with Gasteiger partial charge in [-0.15, -0.1) is 12.4 Å². The van der Waals surface area contributed by atoms with Crippen molar-refractivity contribution in [2.45, 2.75) is 19.0 Å². The first-order valence-electron chi connectivity index (χ1n) is 6.39. The summed E-state index contributed by atoms with van der Waals surface area (Å²) in [6.45, 7) is 2.65. The number of nitrogens with two attached hydrogens (primary N) is 1. The van der Waals surface area contributed by atoms with Gasteiger partial charge in [0.05, 0.1) is 5.69 Å². The van der Waals surface area contributed by atoms with Crippen LogP contribution < -0.4 is 5.73 Å². The number of oxazole rings is 1. The highest BCUT2D eigenvalue weighted by atomic mass is 35.5. The first kappa shape index (κ1) is 15.0. The van der Waals surface area contributed by atoms with Gasteiger partial charge in [-0.2, -0.15) is 0 Å². The summed E-state index contributed by atoms with van der Waals surface area (Å²) < 4.78 is 18.3. The molecule has 1 aromatic heterocycles. The van der Waals surface area contributed by atoms with Crippen LogP contribution in [0, 0.1) is 5.82 Å². The van der Waals surface area contributed by atoms with E-state index in [-0.39, 0.29) is 24.3 Å². The molecule has 2 heterocycles. The van der Waals surface area contributed by atoms with Gasteiger partial charge in [-0.05, 0) is 30.7 Å². The van der Waals surface area contributed by atoms with Crippen molar-refractivity contribution in [2.75, 3.05) is 13.1 Å². The second-order valence-electron chi connectivity index (χ2n) is 4.93. The monoisotopic (exact) mass is 297 g/mol. The van der Waals surface area contributed by atoms with E-state index in [0.29, 0.717) is 5.89 Å². The maximum atomic E-state index is 12.8. The fourth-order valence-corrected chi connectivity index (χ4v) is 2.34. The van der Waals surface area contributed by atoms with Crippen molar-refractivity contribution in [3.8, 4) is 11.5 Å². The molecule has 0 bridgehead atoms. The second-order valence-corrected chi connectivity index (χ2v) is 4.93. The number of rotatable bonds is 3. The summed E-state index contributed by atoms with van der Waals surface area (Å²) in [5.74, 6) is 0.264. The molecule has 0 amide bonds. The molecule has 20 heavy (non-hydrogen) atoms. The van der Waals surface area contributed by atoms with Crippen LogP contribution in [0.15, 0.2) is 34.9 Å². The zero-order valence-corrected chi connectivity index (χ0v) is 11.8.